The van der Waals surface area contributed by atoms with E-state index in [1.807, 2.05) is 30.3 Å². The van der Waals surface area contributed by atoms with Crippen LogP contribution in [0.2, 0.25) is 0 Å². The third kappa shape index (κ3) is 5.02. The van der Waals surface area contributed by atoms with E-state index in [0.29, 0.717) is 17.2 Å². The van der Waals surface area contributed by atoms with Gasteiger partial charge < -0.3 is 20.5 Å². The summed E-state index contributed by atoms with van der Waals surface area (Å²) in [5.41, 5.74) is 6.10. The molecule has 0 aliphatic rings. The van der Waals surface area contributed by atoms with Crippen molar-refractivity contribution < 1.29 is 19.1 Å². The Balaban J connectivity index is 1.50. The van der Waals surface area contributed by atoms with E-state index >= 15 is 0 Å². The van der Waals surface area contributed by atoms with Crippen molar-refractivity contribution in [1.82, 2.24) is 9.97 Å². The number of hydrogen-bond acceptors (Lipinski definition) is 7. The van der Waals surface area contributed by atoms with Gasteiger partial charge in [-0.2, -0.15) is 0 Å². The Morgan fingerprint density at radius 3 is 2.41 bits per heavy atom. The van der Waals surface area contributed by atoms with Crippen LogP contribution in [0.5, 0.6) is 11.5 Å². The summed E-state index contributed by atoms with van der Waals surface area (Å²) >= 11 is 0. The molecular weight excluding hydrogens is 348 g/mol. The van der Waals surface area contributed by atoms with Crippen LogP contribution in [0.1, 0.15) is 10.4 Å². The van der Waals surface area contributed by atoms with Gasteiger partial charge in [-0.25, -0.2) is 14.8 Å². The zero-order chi connectivity index (χ0) is 19.1. The van der Waals surface area contributed by atoms with Gasteiger partial charge in [-0.05, 0) is 36.4 Å². The molecular formula is C19H16N4O4. The highest BCUT2D eigenvalue weighted by molar-refractivity contribution is 5.97. The van der Waals surface area contributed by atoms with Gasteiger partial charge in [0.2, 0.25) is 0 Å². The molecule has 1 heterocycles. The van der Waals surface area contributed by atoms with Gasteiger partial charge in [0.25, 0.3) is 5.91 Å². The molecule has 0 saturated carbocycles. The lowest BCUT2D eigenvalue weighted by Gasteiger charge is -2.09. The molecule has 8 nitrogen and oxygen atoms in total. The number of ether oxygens (including phenoxy) is 2. The summed E-state index contributed by atoms with van der Waals surface area (Å²) in [5.74, 6) is 0.0744. The molecule has 2 aromatic carbocycles. The van der Waals surface area contributed by atoms with Gasteiger partial charge in [-0.3, -0.25) is 4.79 Å². The first-order chi connectivity index (χ1) is 13.1. The summed E-state index contributed by atoms with van der Waals surface area (Å²) in [6.07, 6.45) is 2.44. The molecule has 0 aliphatic heterocycles. The molecule has 1 amide bonds. The predicted octanol–water partition coefficient (Wildman–Crippen LogP) is 2.65. The summed E-state index contributed by atoms with van der Waals surface area (Å²) in [6.45, 7) is -0.463. The van der Waals surface area contributed by atoms with E-state index in [2.05, 4.69) is 15.3 Å². The molecule has 0 saturated heterocycles. The minimum atomic E-state index is -0.769. The number of para-hydroxylation sites is 1. The Bertz CT molecular complexity index is 930. The van der Waals surface area contributed by atoms with E-state index in [4.69, 9.17) is 15.2 Å². The average Bonchev–Trinajstić information content (AvgIpc) is 2.69. The second kappa shape index (κ2) is 8.43. The maximum Gasteiger partial charge on any atom is 0.344 e. The minimum Gasteiger partial charge on any atom is -0.457 e. The highest BCUT2D eigenvalue weighted by atomic mass is 16.5. The summed E-state index contributed by atoms with van der Waals surface area (Å²) in [7, 11) is 0. The fraction of sp³-hybridized carbons (Fsp3) is 0.0526. The van der Waals surface area contributed by atoms with Gasteiger partial charge in [-0.15, -0.1) is 0 Å². The molecule has 8 heteroatoms. The fourth-order valence-corrected chi connectivity index (χ4v) is 2.13. The summed E-state index contributed by atoms with van der Waals surface area (Å²) in [5, 5.41) is 2.62. The SMILES string of the molecule is Nc1ncncc1C(=O)OCC(=O)Nc1ccc(Oc2ccccc2)cc1. The number of aromatic nitrogens is 2. The molecule has 0 atom stereocenters. The Kier molecular flexibility index (Phi) is 5.58. The number of nitrogens with two attached hydrogens (primary N) is 1. The number of nitrogens with zero attached hydrogens (tertiary/aromatic N) is 2. The maximum atomic E-state index is 11.9. The quantitative estimate of drug-likeness (QED) is 0.646. The van der Waals surface area contributed by atoms with E-state index in [0.717, 1.165) is 0 Å². The van der Waals surface area contributed by atoms with Gasteiger partial charge in [-0.1, -0.05) is 18.2 Å². The van der Waals surface area contributed by atoms with Crippen LogP contribution in [0.3, 0.4) is 0 Å². The van der Waals surface area contributed by atoms with Crippen LogP contribution in [-0.4, -0.2) is 28.5 Å². The van der Waals surface area contributed by atoms with E-state index < -0.39 is 18.5 Å². The number of carbonyl (C=O) groups is 2. The van der Waals surface area contributed by atoms with Crippen molar-refractivity contribution in [3.05, 3.63) is 72.7 Å². The lowest BCUT2D eigenvalue weighted by atomic mass is 10.3. The molecule has 3 aromatic rings. The standard InChI is InChI=1S/C19H16N4O4/c20-18-16(10-21-12-22-18)19(25)26-11-17(24)23-13-6-8-15(9-7-13)27-14-4-2-1-3-5-14/h1-10,12H,11H2,(H,23,24)(H2,20,21,22). The van der Waals surface area contributed by atoms with E-state index in [-0.39, 0.29) is 11.4 Å². The van der Waals surface area contributed by atoms with Crippen LogP contribution in [-0.2, 0) is 9.53 Å². The number of nitrogen functional groups attached to an aromatic ring is 1. The van der Waals surface area contributed by atoms with Crippen molar-refractivity contribution in [1.29, 1.82) is 0 Å². The van der Waals surface area contributed by atoms with Crippen molar-refractivity contribution in [3.63, 3.8) is 0 Å². The molecule has 1 aromatic heterocycles. The number of amides is 1. The molecule has 0 unspecified atom stereocenters. The summed E-state index contributed by atoms with van der Waals surface area (Å²) in [6, 6.07) is 16.1. The topological polar surface area (TPSA) is 116 Å². The lowest BCUT2D eigenvalue weighted by Crippen LogP contribution is -2.21. The maximum absolute atomic E-state index is 11.9. The minimum absolute atomic E-state index is 0.00714. The molecule has 0 radical (unpaired) electrons. The van der Waals surface area contributed by atoms with Gasteiger partial charge in [0.1, 0.15) is 29.2 Å². The molecule has 0 spiro atoms. The van der Waals surface area contributed by atoms with Crippen LogP contribution >= 0.6 is 0 Å². The Labute approximate surface area is 155 Å². The highest BCUT2D eigenvalue weighted by Gasteiger charge is 2.14. The first kappa shape index (κ1) is 17.9. The second-order valence-electron chi connectivity index (χ2n) is 5.39. The normalized spacial score (nSPS) is 10.1. The van der Waals surface area contributed by atoms with Gasteiger partial charge >= 0.3 is 5.97 Å². The van der Waals surface area contributed by atoms with Crippen LogP contribution in [0.4, 0.5) is 11.5 Å². The Hall–Kier alpha value is -3.94. The number of nitrogens with one attached hydrogen (secondary N) is 1. The smallest absolute Gasteiger partial charge is 0.344 e. The van der Waals surface area contributed by atoms with Crippen LogP contribution in [0, 0.1) is 0 Å². The average molecular weight is 364 g/mol. The molecule has 3 rings (SSSR count). The van der Waals surface area contributed by atoms with E-state index in [9.17, 15) is 9.59 Å². The number of carbonyl (C=O) groups excluding carboxylic acids is 2. The van der Waals surface area contributed by atoms with Crippen molar-refractivity contribution in [2.75, 3.05) is 17.7 Å². The summed E-state index contributed by atoms with van der Waals surface area (Å²) in [4.78, 5) is 31.2. The van der Waals surface area contributed by atoms with Crippen LogP contribution in [0.25, 0.3) is 0 Å². The number of esters is 1. The second-order valence-corrected chi connectivity index (χ2v) is 5.39. The first-order valence-corrected chi connectivity index (χ1v) is 7.97. The zero-order valence-corrected chi connectivity index (χ0v) is 14.2. The van der Waals surface area contributed by atoms with Gasteiger partial charge in [0.15, 0.2) is 6.61 Å². The molecule has 136 valence electrons. The number of anilines is 2. The molecule has 0 fully saturated rings. The third-order valence-electron chi connectivity index (χ3n) is 3.41. The van der Waals surface area contributed by atoms with Crippen molar-refractivity contribution >= 4 is 23.4 Å². The van der Waals surface area contributed by atoms with E-state index in [1.165, 1.54) is 12.5 Å². The fourth-order valence-electron chi connectivity index (χ4n) is 2.13. The third-order valence-corrected chi connectivity index (χ3v) is 3.41. The summed E-state index contributed by atoms with van der Waals surface area (Å²) < 4.78 is 10.6. The monoisotopic (exact) mass is 364 g/mol. The molecule has 0 bridgehead atoms. The van der Waals surface area contributed by atoms with Crippen molar-refractivity contribution in [2.24, 2.45) is 0 Å². The predicted molar refractivity (Wildman–Crippen MR) is 98.3 cm³/mol. The number of rotatable bonds is 6. The molecule has 27 heavy (non-hydrogen) atoms. The number of hydrogen-bond donors (Lipinski definition) is 2. The van der Waals surface area contributed by atoms with E-state index in [1.54, 1.807) is 24.3 Å². The van der Waals surface area contributed by atoms with Crippen molar-refractivity contribution in [2.45, 2.75) is 0 Å². The Morgan fingerprint density at radius 1 is 1.00 bits per heavy atom. The molecule has 3 N–H and O–H groups in total. The van der Waals surface area contributed by atoms with Crippen LogP contribution in [0.15, 0.2) is 67.1 Å². The highest BCUT2D eigenvalue weighted by Crippen LogP contribution is 2.22. The first-order valence-electron chi connectivity index (χ1n) is 7.97. The zero-order valence-electron chi connectivity index (χ0n) is 14.2. The van der Waals surface area contributed by atoms with Crippen molar-refractivity contribution in [3.8, 4) is 11.5 Å². The largest absolute Gasteiger partial charge is 0.457 e. The Morgan fingerprint density at radius 2 is 1.70 bits per heavy atom. The van der Waals surface area contributed by atoms with Crippen LogP contribution < -0.4 is 15.8 Å². The molecule has 0 aliphatic carbocycles. The van der Waals surface area contributed by atoms with Gasteiger partial charge in [0, 0.05) is 11.9 Å². The number of benzene rings is 2. The lowest BCUT2D eigenvalue weighted by molar-refractivity contribution is -0.119. The van der Waals surface area contributed by atoms with Gasteiger partial charge in [0.05, 0.1) is 0 Å².